The van der Waals surface area contributed by atoms with Crippen molar-refractivity contribution < 1.29 is 9.53 Å². The van der Waals surface area contributed by atoms with E-state index in [0.717, 1.165) is 51.4 Å². The summed E-state index contributed by atoms with van der Waals surface area (Å²) >= 11 is 0. The Balaban J connectivity index is 0.00000676. The summed E-state index contributed by atoms with van der Waals surface area (Å²) in [5.74, 6) is 0.847. The lowest BCUT2D eigenvalue weighted by molar-refractivity contribution is 0.0963. The Kier molecular flexibility index (Phi) is 13.9. The van der Waals surface area contributed by atoms with Gasteiger partial charge in [-0.15, -0.1) is 24.0 Å². The van der Waals surface area contributed by atoms with Crippen molar-refractivity contribution in [1.29, 1.82) is 0 Å². The molecule has 160 valence electrons. The monoisotopic (exact) mass is 497 g/mol. The van der Waals surface area contributed by atoms with Crippen LogP contribution in [-0.4, -0.2) is 79.8 Å². The van der Waals surface area contributed by atoms with Gasteiger partial charge in [0.15, 0.2) is 5.96 Å². The van der Waals surface area contributed by atoms with Crippen LogP contribution in [0.2, 0.25) is 0 Å². The summed E-state index contributed by atoms with van der Waals surface area (Å²) in [6.07, 6.45) is 2.70. The Bertz CT molecular complexity index is 430. The molecule has 7 nitrogen and oxygen atoms in total. The fourth-order valence-corrected chi connectivity index (χ4v) is 3.39. The van der Waals surface area contributed by atoms with Gasteiger partial charge < -0.3 is 20.3 Å². The molecule has 0 atom stereocenters. The Morgan fingerprint density at radius 2 is 1.81 bits per heavy atom. The third-order valence-electron chi connectivity index (χ3n) is 4.80. The number of carbonyl (C=O) groups excluding carboxylic acids is 1. The van der Waals surface area contributed by atoms with Crippen molar-refractivity contribution in [2.45, 2.75) is 72.0 Å². The number of ether oxygens (including phenoxy) is 1. The van der Waals surface area contributed by atoms with Gasteiger partial charge in [-0.25, -0.2) is 4.79 Å². The van der Waals surface area contributed by atoms with Gasteiger partial charge >= 0.3 is 6.09 Å². The standard InChI is InChI=1S/C19H39N5O2.HI/c1-7-26-19(25)23-13-9-17(10-14-23)22-18(20-6)21-11-8-12-24(15(2)3)16(4)5;/h15-17H,7-14H2,1-6H3,(H2,20,21,22);1H. The van der Waals surface area contributed by atoms with Crippen LogP contribution in [0.1, 0.15) is 53.9 Å². The molecule has 0 spiro atoms. The van der Waals surface area contributed by atoms with Gasteiger partial charge in [0.05, 0.1) is 6.61 Å². The first kappa shape index (κ1) is 26.2. The minimum absolute atomic E-state index is 0. The van der Waals surface area contributed by atoms with Gasteiger partial charge in [0.1, 0.15) is 0 Å². The highest BCUT2D eigenvalue weighted by Crippen LogP contribution is 2.11. The lowest BCUT2D eigenvalue weighted by Gasteiger charge is -2.32. The number of hydrogen-bond donors (Lipinski definition) is 2. The van der Waals surface area contributed by atoms with Gasteiger partial charge in [-0.05, 0) is 53.9 Å². The first-order valence-electron chi connectivity index (χ1n) is 10.0. The van der Waals surface area contributed by atoms with E-state index in [9.17, 15) is 4.79 Å². The molecule has 1 amide bonds. The van der Waals surface area contributed by atoms with Crippen LogP contribution in [0.25, 0.3) is 0 Å². The Labute approximate surface area is 182 Å². The average molecular weight is 497 g/mol. The number of nitrogens with one attached hydrogen (secondary N) is 2. The second kappa shape index (κ2) is 14.3. The molecule has 0 radical (unpaired) electrons. The second-order valence-electron chi connectivity index (χ2n) is 7.38. The predicted molar refractivity (Wildman–Crippen MR) is 123 cm³/mol. The molecule has 0 aromatic heterocycles. The predicted octanol–water partition coefficient (Wildman–Crippen LogP) is 2.90. The molecule has 0 bridgehead atoms. The number of nitrogens with zero attached hydrogens (tertiary/aromatic N) is 3. The molecular weight excluding hydrogens is 457 g/mol. The smallest absolute Gasteiger partial charge is 0.409 e. The summed E-state index contributed by atoms with van der Waals surface area (Å²) in [5, 5.41) is 6.89. The third kappa shape index (κ3) is 9.82. The maximum Gasteiger partial charge on any atom is 0.409 e. The molecule has 2 N–H and O–H groups in total. The number of piperidine rings is 1. The molecule has 1 fully saturated rings. The molecular formula is C19H40IN5O2. The lowest BCUT2D eigenvalue weighted by Crippen LogP contribution is -2.50. The van der Waals surface area contributed by atoms with Gasteiger partial charge in [-0.1, -0.05) is 0 Å². The molecule has 1 rings (SSSR count). The molecule has 0 saturated carbocycles. The van der Waals surface area contributed by atoms with E-state index < -0.39 is 0 Å². The number of rotatable bonds is 8. The Hall–Kier alpha value is -0.770. The molecule has 0 unspecified atom stereocenters. The first-order valence-corrected chi connectivity index (χ1v) is 10.0. The summed E-state index contributed by atoms with van der Waals surface area (Å²) in [7, 11) is 1.80. The highest BCUT2D eigenvalue weighted by molar-refractivity contribution is 14.0. The largest absolute Gasteiger partial charge is 0.450 e. The summed E-state index contributed by atoms with van der Waals surface area (Å²) in [6, 6.07) is 1.48. The lowest BCUT2D eigenvalue weighted by atomic mass is 10.1. The molecule has 1 aliphatic rings. The molecule has 1 heterocycles. The van der Waals surface area contributed by atoms with Gasteiger partial charge in [0, 0.05) is 51.4 Å². The average Bonchev–Trinajstić information content (AvgIpc) is 2.60. The van der Waals surface area contributed by atoms with E-state index in [1.165, 1.54) is 0 Å². The SMILES string of the molecule is CCOC(=O)N1CCC(NC(=NC)NCCCN(C(C)C)C(C)C)CC1.I. The van der Waals surface area contributed by atoms with Crippen LogP contribution in [0.5, 0.6) is 0 Å². The first-order chi connectivity index (χ1) is 12.4. The zero-order valence-corrected chi connectivity index (χ0v) is 20.3. The summed E-state index contributed by atoms with van der Waals surface area (Å²) in [4.78, 5) is 20.4. The highest BCUT2D eigenvalue weighted by atomic mass is 127. The fraction of sp³-hybridized carbons (Fsp3) is 0.895. The Morgan fingerprint density at radius 3 is 2.30 bits per heavy atom. The van der Waals surface area contributed by atoms with Crippen molar-refractivity contribution in [2.75, 3.05) is 39.8 Å². The molecule has 8 heteroatoms. The van der Waals surface area contributed by atoms with E-state index >= 15 is 0 Å². The maximum atomic E-state index is 11.8. The molecule has 1 saturated heterocycles. The van der Waals surface area contributed by atoms with E-state index in [4.69, 9.17) is 4.74 Å². The van der Waals surface area contributed by atoms with Crippen LogP contribution >= 0.6 is 24.0 Å². The highest BCUT2D eigenvalue weighted by Gasteiger charge is 2.24. The van der Waals surface area contributed by atoms with E-state index in [0.29, 0.717) is 24.7 Å². The van der Waals surface area contributed by atoms with Crippen LogP contribution in [0.3, 0.4) is 0 Å². The molecule has 1 aliphatic heterocycles. The van der Waals surface area contributed by atoms with Gasteiger partial charge in [0.2, 0.25) is 0 Å². The van der Waals surface area contributed by atoms with Gasteiger partial charge in [-0.3, -0.25) is 9.89 Å². The van der Waals surface area contributed by atoms with Gasteiger partial charge in [0.25, 0.3) is 0 Å². The van der Waals surface area contributed by atoms with Crippen molar-refractivity contribution in [3.05, 3.63) is 0 Å². The number of aliphatic imine (C=N–C) groups is 1. The number of likely N-dealkylation sites (tertiary alicyclic amines) is 1. The van der Waals surface area contributed by atoms with E-state index in [1.54, 1.807) is 11.9 Å². The number of amides is 1. The van der Waals surface area contributed by atoms with Crippen LogP contribution in [0.15, 0.2) is 4.99 Å². The fourth-order valence-electron chi connectivity index (χ4n) is 3.39. The summed E-state index contributed by atoms with van der Waals surface area (Å²) in [6.45, 7) is 14.7. The number of guanidine groups is 1. The van der Waals surface area contributed by atoms with Crippen molar-refractivity contribution in [3.8, 4) is 0 Å². The quantitative estimate of drug-likeness (QED) is 0.234. The molecule has 0 aromatic carbocycles. The second-order valence-corrected chi connectivity index (χ2v) is 7.38. The molecule has 0 aliphatic carbocycles. The zero-order chi connectivity index (χ0) is 19.5. The normalized spacial score (nSPS) is 15.9. The number of hydrogen-bond acceptors (Lipinski definition) is 4. The third-order valence-corrected chi connectivity index (χ3v) is 4.80. The van der Waals surface area contributed by atoms with Crippen molar-refractivity contribution in [2.24, 2.45) is 4.99 Å². The summed E-state index contributed by atoms with van der Waals surface area (Å²) < 4.78 is 5.06. The van der Waals surface area contributed by atoms with Crippen molar-refractivity contribution in [3.63, 3.8) is 0 Å². The Morgan fingerprint density at radius 1 is 1.22 bits per heavy atom. The van der Waals surface area contributed by atoms with Crippen LogP contribution in [0, 0.1) is 0 Å². The van der Waals surface area contributed by atoms with Crippen LogP contribution in [0.4, 0.5) is 4.79 Å². The van der Waals surface area contributed by atoms with E-state index in [2.05, 4.69) is 48.2 Å². The zero-order valence-electron chi connectivity index (χ0n) is 18.0. The van der Waals surface area contributed by atoms with Crippen molar-refractivity contribution >= 4 is 36.0 Å². The maximum absolute atomic E-state index is 11.8. The van der Waals surface area contributed by atoms with Crippen LogP contribution in [-0.2, 0) is 4.74 Å². The minimum atomic E-state index is -0.201. The van der Waals surface area contributed by atoms with E-state index in [-0.39, 0.29) is 30.1 Å². The topological polar surface area (TPSA) is 69.2 Å². The molecule has 27 heavy (non-hydrogen) atoms. The number of carbonyl (C=O) groups is 1. The van der Waals surface area contributed by atoms with Crippen LogP contribution < -0.4 is 10.6 Å². The van der Waals surface area contributed by atoms with Gasteiger partial charge in [-0.2, -0.15) is 0 Å². The summed E-state index contributed by atoms with van der Waals surface area (Å²) in [5.41, 5.74) is 0. The minimum Gasteiger partial charge on any atom is -0.450 e. The van der Waals surface area contributed by atoms with Crippen molar-refractivity contribution in [1.82, 2.24) is 20.4 Å². The number of halogens is 1. The van der Waals surface area contributed by atoms with E-state index in [1.807, 2.05) is 6.92 Å². The molecule has 0 aromatic rings.